The first-order valence-corrected chi connectivity index (χ1v) is 12.9. The van der Waals surface area contributed by atoms with Crippen LogP contribution in [0.5, 0.6) is 0 Å². The average molecular weight is 478 g/mol. The van der Waals surface area contributed by atoms with E-state index in [0.717, 1.165) is 54.2 Å². The van der Waals surface area contributed by atoms with Crippen LogP contribution in [0, 0.1) is 0 Å². The van der Waals surface area contributed by atoms with Crippen molar-refractivity contribution in [2.24, 2.45) is 0 Å². The molecule has 2 heterocycles. The lowest BCUT2D eigenvalue weighted by molar-refractivity contribution is 0.0994. The molecule has 1 aliphatic heterocycles. The van der Waals surface area contributed by atoms with E-state index in [1.807, 2.05) is 36.4 Å². The van der Waals surface area contributed by atoms with Gasteiger partial charge in [-0.2, -0.15) is 0 Å². The molecule has 6 nitrogen and oxygen atoms in total. The van der Waals surface area contributed by atoms with Gasteiger partial charge in [-0.15, -0.1) is 0 Å². The summed E-state index contributed by atoms with van der Waals surface area (Å²) in [6.45, 7) is 6.02. The van der Waals surface area contributed by atoms with Gasteiger partial charge in [-0.25, -0.2) is 0 Å². The maximum Gasteiger partial charge on any atom is 0.232 e. The molecule has 2 atom stereocenters. The molecule has 1 aromatic heterocycles. The molecule has 2 unspecified atom stereocenters. The van der Waals surface area contributed by atoms with Crippen LogP contribution in [-0.4, -0.2) is 60.7 Å². The number of anilines is 1. The summed E-state index contributed by atoms with van der Waals surface area (Å²) in [6.07, 6.45) is 4.65. The number of nitrogens with zero attached hydrogens (tertiary/aromatic N) is 3. The molecule has 3 aromatic rings. The number of aromatic nitrogens is 1. The Labute approximate surface area is 209 Å². The van der Waals surface area contributed by atoms with E-state index < -0.39 is 6.10 Å². The molecule has 0 aliphatic carbocycles. The highest BCUT2D eigenvalue weighted by Gasteiger charge is 2.29. The zero-order valence-corrected chi connectivity index (χ0v) is 21.1. The fourth-order valence-corrected chi connectivity index (χ4v) is 5.03. The highest BCUT2D eigenvalue weighted by Crippen LogP contribution is 2.35. The molecule has 1 N–H and O–H groups in total. The second-order valence-electron chi connectivity index (χ2n) is 9.64. The molecule has 1 saturated heterocycles. The lowest BCUT2D eigenvalue weighted by Gasteiger charge is -2.34. The van der Waals surface area contributed by atoms with Gasteiger partial charge in [-0.3, -0.25) is 4.90 Å². The summed E-state index contributed by atoms with van der Waals surface area (Å²) >= 11 is 0. The SMILES string of the molecule is COCCCN(Cc1c(-c2ccccc2)noc1N1CCCCC1C)CC(O)Cc1ccccc1. The van der Waals surface area contributed by atoms with Gasteiger partial charge in [-0.1, -0.05) is 65.8 Å². The summed E-state index contributed by atoms with van der Waals surface area (Å²) in [4.78, 5) is 4.70. The van der Waals surface area contributed by atoms with Crippen LogP contribution in [0.3, 0.4) is 0 Å². The highest BCUT2D eigenvalue weighted by molar-refractivity contribution is 5.68. The van der Waals surface area contributed by atoms with Crippen molar-refractivity contribution in [3.05, 3.63) is 71.8 Å². The van der Waals surface area contributed by atoms with Crippen LogP contribution in [0.25, 0.3) is 11.3 Å². The lowest BCUT2D eigenvalue weighted by atomic mass is 10.0. The molecule has 1 aliphatic rings. The monoisotopic (exact) mass is 477 g/mol. The van der Waals surface area contributed by atoms with Crippen molar-refractivity contribution in [3.63, 3.8) is 0 Å². The third-order valence-corrected chi connectivity index (χ3v) is 6.87. The Morgan fingerprint density at radius 1 is 1.11 bits per heavy atom. The number of hydrogen-bond donors (Lipinski definition) is 1. The molecule has 35 heavy (non-hydrogen) atoms. The Morgan fingerprint density at radius 3 is 2.57 bits per heavy atom. The topological polar surface area (TPSA) is 62.0 Å². The van der Waals surface area contributed by atoms with Gasteiger partial charge >= 0.3 is 0 Å². The molecule has 0 spiro atoms. The summed E-state index contributed by atoms with van der Waals surface area (Å²) in [7, 11) is 1.73. The van der Waals surface area contributed by atoms with Crippen molar-refractivity contribution in [3.8, 4) is 11.3 Å². The van der Waals surface area contributed by atoms with Crippen LogP contribution in [0.15, 0.2) is 65.2 Å². The Morgan fingerprint density at radius 2 is 1.86 bits per heavy atom. The van der Waals surface area contributed by atoms with E-state index in [0.29, 0.717) is 32.2 Å². The van der Waals surface area contributed by atoms with E-state index in [4.69, 9.17) is 9.26 Å². The van der Waals surface area contributed by atoms with E-state index in [2.05, 4.69) is 46.1 Å². The van der Waals surface area contributed by atoms with E-state index in [-0.39, 0.29) is 0 Å². The predicted molar refractivity (Wildman–Crippen MR) is 141 cm³/mol. The summed E-state index contributed by atoms with van der Waals surface area (Å²) in [5, 5.41) is 15.5. The van der Waals surface area contributed by atoms with Gasteiger partial charge in [0.1, 0.15) is 5.69 Å². The number of benzene rings is 2. The molecule has 4 rings (SSSR count). The van der Waals surface area contributed by atoms with Crippen LogP contribution in [0.4, 0.5) is 5.88 Å². The normalized spacial score (nSPS) is 17.1. The van der Waals surface area contributed by atoms with Crippen LogP contribution in [0.1, 0.15) is 43.7 Å². The zero-order chi connectivity index (χ0) is 24.5. The van der Waals surface area contributed by atoms with Gasteiger partial charge in [0.15, 0.2) is 0 Å². The Bertz CT molecular complexity index is 1010. The van der Waals surface area contributed by atoms with E-state index >= 15 is 0 Å². The summed E-state index contributed by atoms with van der Waals surface area (Å²) in [6, 6.07) is 20.9. The van der Waals surface area contributed by atoms with Crippen molar-refractivity contribution in [2.75, 3.05) is 38.3 Å². The Hall–Kier alpha value is -2.67. The van der Waals surface area contributed by atoms with E-state index in [9.17, 15) is 5.11 Å². The Balaban J connectivity index is 1.60. The number of aliphatic hydroxyl groups is 1. The van der Waals surface area contributed by atoms with Crippen molar-refractivity contribution >= 4 is 5.88 Å². The first-order valence-electron chi connectivity index (χ1n) is 12.9. The van der Waals surface area contributed by atoms with E-state index in [1.165, 1.54) is 12.8 Å². The molecular formula is C29H39N3O3. The highest BCUT2D eigenvalue weighted by atomic mass is 16.5. The maximum atomic E-state index is 11.0. The lowest BCUT2D eigenvalue weighted by Crippen LogP contribution is -2.39. The van der Waals surface area contributed by atoms with Gasteiger partial charge in [-0.05, 0) is 44.6 Å². The minimum Gasteiger partial charge on any atom is -0.391 e. The number of rotatable bonds is 12. The minimum absolute atomic E-state index is 0.421. The van der Waals surface area contributed by atoms with Crippen molar-refractivity contribution in [2.45, 2.75) is 57.7 Å². The van der Waals surface area contributed by atoms with Crippen LogP contribution in [0.2, 0.25) is 0 Å². The van der Waals surface area contributed by atoms with Gasteiger partial charge in [0.2, 0.25) is 5.88 Å². The largest absolute Gasteiger partial charge is 0.391 e. The fraction of sp³-hybridized carbons (Fsp3) is 0.483. The van der Waals surface area contributed by atoms with Crippen LogP contribution >= 0.6 is 0 Å². The average Bonchev–Trinajstić information content (AvgIpc) is 3.28. The van der Waals surface area contributed by atoms with Gasteiger partial charge in [0.05, 0.1) is 11.7 Å². The number of ether oxygens (including phenoxy) is 1. The molecular weight excluding hydrogens is 438 g/mol. The van der Waals surface area contributed by atoms with Crippen molar-refractivity contribution in [1.29, 1.82) is 0 Å². The molecule has 1 fully saturated rings. The maximum absolute atomic E-state index is 11.0. The van der Waals surface area contributed by atoms with Crippen molar-refractivity contribution < 1.29 is 14.4 Å². The molecule has 0 amide bonds. The third-order valence-electron chi connectivity index (χ3n) is 6.87. The summed E-state index contributed by atoms with van der Waals surface area (Å²) in [5.74, 6) is 0.880. The second-order valence-corrected chi connectivity index (χ2v) is 9.64. The molecule has 0 bridgehead atoms. The first-order chi connectivity index (χ1) is 17.2. The quantitative estimate of drug-likeness (QED) is 0.364. The smallest absolute Gasteiger partial charge is 0.232 e. The van der Waals surface area contributed by atoms with Crippen LogP contribution < -0.4 is 4.90 Å². The molecule has 0 radical (unpaired) electrons. The Kier molecular flexibility index (Phi) is 9.35. The number of methoxy groups -OCH3 is 1. The number of piperidine rings is 1. The fourth-order valence-electron chi connectivity index (χ4n) is 5.03. The molecule has 2 aromatic carbocycles. The zero-order valence-electron chi connectivity index (χ0n) is 21.1. The predicted octanol–water partition coefficient (Wildman–Crippen LogP) is 5.16. The number of aliphatic hydroxyl groups excluding tert-OH is 1. The van der Waals surface area contributed by atoms with Crippen LogP contribution in [-0.2, 0) is 17.7 Å². The first kappa shape index (κ1) is 25.4. The molecule has 6 heteroatoms. The summed E-state index contributed by atoms with van der Waals surface area (Å²) < 4.78 is 11.4. The molecule has 188 valence electrons. The number of hydrogen-bond acceptors (Lipinski definition) is 6. The van der Waals surface area contributed by atoms with Gasteiger partial charge in [0.25, 0.3) is 0 Å². The van der Waals surface area contributed by atoms with Gasteiger partial charge < -0.3 is 19.3 Å². The van der Waals surface area contributed by atoms with Crippen molar-refractivity contribution in [1.82, 2.24) is 10.1 Å². The standard InChI is InChI=1S/C29H39N3O3/c1-23-12-9-10-18-32(23)29-27(28(30-35-29)25-15-7-4-8-16-25)22-31(17-11-19-34-2)21-26(33)20-24-13-5-3-6-14-24/h3-8,13-16,23,26,33H,9-12,17-22H2,1-2H3. The second kappa shape index (κ2) is 12.9. The minimum atomic E-state index is -0.461. The third kappa shape index (κ3) is 6.94. The molecule has 0 saturated carbocycles. The van der Waals surface area contributed by atoms with E-state index in [1.54, 1.807) is 7.11 Å². The van der Waals surface area contributed by atoms with Gasteiger partial charge in [0, 0.05) is 51.5 Å². The summed E-state index contributed by atoms with van der Waals surface area (Å²) in [5.41, 5.74) is 4.21.